The number of nitrogens with one attached hydrogen (secondary N) is 1. The first kappa shape index (κ1) is 15.0. The van der Waals surface area contributed by atoms with Gasteiger partial charge >= 0.3 is 0 Å². The Morgan fingerprint density at radius 2 is 2.20 bits per heavy atom. The number of aromatic nitrogens is 1. The van der Waals surface area contributed by atoms with Crippen LogP contribution in [0.15, 0.2) is 17.2 Å². The van der Waals surface area contributed by atoms with Crippen molar-refractivity contribution < 1.29 is 18.3 Å². The van der Waals surface area contributed by atoms with Gasteiger partial charge in [0.2, 0.25) is 10.0 Å². The smallest absolute Gasteiger partial charge is 0.267 e. The Morgan fingerprint density at radius 1 is 1.50 bits per heavy atom. The maximum Gasteiger partial charge on any atom is 0.267 e. The van der Waals surface area contributed by atoms with Gasteiger partial charge in [-0.25, -0.2) is 8.42 Å². The summed E-state index contributed by atoms with van der Waals surface area (Å²) in [7, 11) is -0.556. The van der Waals surface area contributed by atoms with E-state index in [0.717, 1.165) is 0 Å². The molecule has 0 aromatic carbocycles. The maximum absolute atomic E-state index is 12.5. The third-order valence-corrected chi connectivity index (χ3v) is 5.27. The Bertz CT molecular complexity index is 608. The molecule has 1 aliphatic heterocycles. The third kappa shape index (κ3) is 2.72. The number of piperidine rings is 1. The highest BCUT2D eigenvalue weighted by Gasteiger charge is 2.31. The summed E-state index contributed by atoms with van der Waals surface area (Å²) in [6, 6.07) is 1.36. The van der Waals surface area contributed by atoms with Gasteiger partial charge in [-0.3, -0.25) is 4.79 Å². The van der Waals surface area contributed by atoms with Crippen LogP contribution in [0.5, 0.6) is 0 Å². The molecule has 0 saturated carbocycles. The first-order valence-corrected chi connectivity index (χ1v) is 7.87. The molecule has 0 spiro atoms. The van der Waals surface area contributed by atoms with Crippen LogP contribution in [0.2, 0.25) is 0 Å². The van der Waals surface area contributed by atoms with E-state index in [2.05, 4.69) is 5.32 Å². The number of aryl methyl sites for hydroxylation is 1. The van der Waals surface area contributed by atoms with Gasteiger partial charge in [-0.1, -0.05) is 0 Å². The number of β-amino-alcohol motifs (C(OH)–C–C–N with tert-alkyl or cyclic N) is 1. The molecular formula is C12H19N3O4S. The van der Waals surface area contributed by atoms with Gasteiger partial charge in [0.25, 0.3) is 5.91 Å². The number of sulfonamides is 1. The number of carbonyl (C=O) groups excluding carboxylic acids is 1. The number of aliphatic hydroxyl groups excluding tert-OH is 1. The van der Waals surface area contributed by atoms with E-state index in [9.17, 15) is 18.3 Å². The molecule has 1 aliphatic rings. The molecule has 2 heterocycles. The van der Waals surface area contributed by atoms with E-state index >= 15 is 0 Å². The highest BCUT2D eigenvalue weighted by molar-refractivity contribution is 7.89. The van der Waals surface area contributed by atoms with Crippen molar-refractivity contribution in [2.24, 2.45) is 7.05 Å². The Balaban J connectivity index is 2.32. The van der Waals surface area contributed by atoms with Crippen molar-refractivity contribution in [1.29, 1.82) is 0 Å². The van der Waals surface area contributed by atoms with E-state index in [0.29, 0.717) is 19.4 Å². The van der Waals surface area contributed by atoms with Gasteiger partial charge in [0.15, 0.2) is 0 Å². The van der Waals surface area contributed by atoms with E-state index in [1.165, 1.54) is 28.2 Å². The largest absolute Gasteiger partial charge is 0.392 e. The lowest BCUT2D eigenvalue weighted by atomic mass is 10.1. The van der Waals surface area contributed by atoms with Gasteiger partial charge in [-0.15, -0.1) is 0 Å². The summed E-state index contributed by atoms with van der Waals surface area (Å²) < 4.78 is 27.7. The molecule has 2 N–H and O–H groups in total. The lowest BCUT2D eigenvalue weighted by Crippen LogP contribution is -2.41. The lowest BCUT2D eigenvalue weighted by molar-refractivity contribution is 0.0955. The van der Waals surface area contributed by atoms with Crippen LogP contribution in [0.3, 0.4) is 0 Å². The summed E-state index contributed by atoms with van der Waals surface area (Å²) in [5.74, 6) is -0.340. The number of amides is 1. The zero-order chi connectivity index (χ0) is 14.9. The molecule has 7 nitrogen and oxygen atoms in total. The van der Waals surface area contributed by atoms with Crippen molar-refractivity contribution in [3.05, 3.63) is 18.0 Å². The van der Waals surface area contributed by atoms with Crippen LogP contribution in [0, 0.1) is 0 Å². The van der Waals surface area contributed by atoms with Crippen LogP contribution < -0.4 is 5.32 Å². The lowest BCUT2D eigenvalue weighted by Gasteiger charge is -2.28. The van der Waals surface area contributed by atoms with Crippen molar-refractivity contribution >= 4 is 15.9 Å². The second kappa shape index (κ2) is 5.55. The van der Waals surface area contributed by atoms with Crippen LogP contribution in [-0.2, 0) is 17.1 Å². The van der Waals surface area contributed by atoms with Crippen molar-refractivity contribution in [1.82, 2.24) is 14.2 Å². The van der Waals surface area contributed by atoms with Gasteiger partial charge in [0.05, 0.1) is 6.10 Å². The van der Waals surface area contributed by atoms with Crippen LogP contribution in [0.1, 0.15) is 23.3 Å². The molecule has 8 heteroatoms. The van der Waals surface area contributed by atoms with Crippen molar-refractivity contribution in [3.8, 4) is 0 Å². The number of hydrogen-bond donors (Lipinski definition) is 2. The molecule has 0 radical (unpaired) electrons. The fraction of sp³-hybridized carbons (Fsp3) is 0.583. The third-order valence-electron chi connectivity index (χ3n) is 3.44. The predicted octanol–water partition coefficient (Wildman–Crippen LogP) is -0.470. The summed E-state index contributed by atoms with van der Waals surface area (Å²) in [5.41, 5.74) is 0.281. The molecule has 1 amide bonds. The second-order valence-corrected chi connectivity index (χ2v) is 6.85. The van der Waals surface area contributed by atoms with Crippen LogP contribution in [0.4, 0.5) is 0 Å². The molecule has 20 heavy (non-hydrogen) atoms. The predicted molar refractivity (Wildman–Crippen MR) is 72.8 cm³/mol. The molecular weight excluding hydrogens is 282 g/mol. The fourth-order valence-corrected chi connectivity index (χ4v) is 3.91. The molecule has 1 aromatic rings. The number of rotatable bonds is 3. The minimum absolute atomic E-state index is 0.0766. The number of carbonyl (C=O) groups is 1. The van der Waals surface area contributed by atoms with Crippen LogP contribution in [-0.4, -0.2) is 54.5 Å². The summed E-state index contributed by atoms with van der Waals surface area (Å²) in [5, 5.41) is 12.1. The standard InChI is InChI=1S/C12H19N3O4S/c1-13-12(17)11-6-10(8-14(11)2)20(18,19)15-5-3-4-9(16)7-15/h6,8-9,16H,3-5,7H2,1-2H3,(H,13,17). The van der Waals surface area contributed by atoms with E-state index in [4.69, 9.17) is 0 Å². The fourth-order valence-electron chi connectivity index (χ4n) is 2.32. The normalized spacial score (nSPS) is 20.9. The highest BCUT2D eigenvalue weighted by atomic mass is 32.2. The van der Waals surface area contributed by atoms with Gasteiger partial charge in [-0.2, -0.15) is 4.31 Å². The molecule has 2 rings (SSSR count). The Hall–Kier alpha value is -1.38. The summed E-state index contributed by atoms with van der Waals surface area (Å²) in [6.45, 7) is 0.496. The van der Waals surface area contributed by atoms with Crippen molar-refractivity contribution in [2.45, 2.75) is 23.8 Å². The number of nitrogens with zero attached hydrogens (tertiary/aromatic N) is 2. The van der Waals surface area contributed by atoms with E-state index in [1.807, 2.05) is 0 Å². The Labute approximate surface area is 118 Å². The average Bonchev–Trinajstić information content (AvgIpc) is 2.80. The monoisotopic (exact) mass is 301 g/mol. The zero-order valence-corrected chi connectivity index (χ0v) is 12.4. The van der Waals surface area contributed by atoms with Gasteiger partial charge < -0.3 is 15.0 Å². The molecule has 112 valence electrons. The Kier molecular flexibility index (Phi) is 4.17. The van der Waals surface area contributed by atoms with Crippen LogP contribution in [0.25, 0.3) is 0 Å². The number of hydrogen-bond acceptors (Lipinski definition) is 4. The van der Waals surface area contributed by atoms with E-state index in [-0.39, 0.29) is 23.0 Å². The van der Waals surface area contributed by atoms with Gasteiger partial charge in [0.1, 0.15) is 10.6 Å². The molecule has 1 fully saturated rings. The maximum atomic E-state index is 12.5. The first-order valence-electron chi connectivity index (χ1n) is 6.43. The SMILES string of the molecule is CNC(=O)c1cc(S(=O)(=O)N2CCCC(O)C2)cn1C. The van der Waals surface area contributed by atoms with E-state index < -0.39 is 16.1 Å². The summed E-state index contributed by atoms with van der Waals surface area (Å²) in [6.07, 6.45) is 2.04. The quantitative estimate of drug-likeness (QED) is 0.789. The zero-order valence-electron chi connectivity index (χ0n) is 11.5. The highest BCUT2D eigenvalue weighted by Crippen LogP contribution is 2.22. The van der Waals surface area contributed by atoms with Gasteiger partial charge in [-0.05, 0) is 18.9 Å². The molecule has 1 saturated heterocycles. The average molecular weight is 301 g/mol. The minimum atomic E-state index is -3.67. The summed E-state index contributed by atoms with van der Waals surface area (Å²) >= 11 is 0. The molecule has 0 bridgehead atoms. The van der Waals surface area contributed by atoms with E-state index in [1.54, 1.807) is 7.05 Å². The van der Waals surface area contributed by atoms with Crippen molar-refractivity contribution in [2.75, 3.05) is 20.1 Å². The molecule has 1 unspecified atom stereocenters. The molecule has 1 aromatic heterocycles. The second-order valence-electron chi connectivity index (χ2n) is 4.91. The summed E-state index contributed by atoms with van der Waals surface area (Å²) in [4.78, 5) is 11.7. The Morgan fingerprint density at radius 3 is 2.80 bits per heavy atom. The number of aliphatic hydroxyl groups is 1. The first-order chi connectivity index (χ1) is 9.36. The van der Waals surface area contributed by atoms with Crippen LogP contribution >= 0.6 is 0 Å². The molecule has 0 aliphatic carbocycles. The molecule has 1 atom stereocenters. The topological polar surface area (TPSA) is 91.6 Å². The van der Waals surface area contributed by atoms with Crippen molar-refractivity contribution in [3.63, 3.8) is 0 Å². The van der Waals surface area contributed by atoms with Gasteiger partial charge in [0, 0.05) is 33.4 Å². The minimum Gasteiger partial charge on any atom is -0.392 e.